The lowest BCUT2D eigenvalue weighted by molar-refractivity contribution is -0.152. The Bertz CT molecular complexity index is 1470. The quantitative estimate of drug-likeness (QED) is 0.185. The van der Waals surface area contributed by atoms with Gasteiger partial charge < -0.3 is 10.1 Å². The summed E-state index contributed by atoms with van der Waals surface area (Å²) in [6.07, 6.45) is 4.02. The van der Waals surface area contributed by atoms with E-state index in [2.05, 4.69) is 10.3 Å². The number of fused-ring (bicyclic) bond motifs is 1. The number of ketones is 1. The highest BCUT2D eigenvalue weighted by Crippen LogP contribution is 2.32. The van der Waals surface area contributed by atoms with Crippen molar-refractivity contribution < 1.29 is 23.1 Å². The van der Waals surface area contributed by atoms with Gasteiger partial charge in [-0.05, 0) is 49.2 Å². The lowest BCUT2D eigenvalue weighted by Crippen LogP contribution is -2.14. The summed E-state index contributed by atoms with van der Waals surface area (Å²) in [7, 11) is 1.48. The van der Waals surface area contributed by atoms with Crippen LogP contribution in [0.4, 0.5) is 14.5 Å². The van der Waals surface area contributed by atoms with Crippen LogP contribution in [0.2, 0.25) is 5.02 Å². The van der Waals surface area contributed by atoms with Gasteiger partial charge in [-0.15, -0.1) is 0 Å². The van der Waals surface area contributed by atoms with E-state index < -0.39 is 29.2 Å². The minimum absolute atomic E-state index is 0.00770. The number of pyridine rings is 1. The van der Waals surface area contributed by atoms with Gasteiger partial charge in [0.1, 0.15) is 11.5 Å². The van der Waals surface area contributed by atoms with Gasteiger partial charge in [0.15, 0.2) is 12.0 Å². The first-order valence-corrected chi connectivity index (χ1v) is 12.3. The zero-order valence-electron chi connectivity index (χ0n) is 20.6. The van der Waals surface area contributed by atoms with Gasteiger partial charge in [0, 0.05) is 41.8 Å². The zero-order chi connectivity index (χ0) is 26.7. The second-order valence-electron chi connectivity index (χ2n) is 8.61. The van der Waals surface area contributed by atoms with E-state index in [1.54, 1.807) is 43.5 Å². The Labute approximate surface area is 218 Å². The van der Waals surface area contributed by atoms with Crippen molar-refractivity contribution in [2.24, 2.45) is 0 Å². The van der Waals surface area contributed by atoms with Crippen LogP contribution < -0.4 is 5.32 Å². The van der Waals surface area contributed by atoms with E-state index in [-0.39, 0.29) is 23.6 Å². The summed E-state index contributed by atoms with van der Waals surface area (Å²) in [5, 5.41) is 3.55. The Kier molecular flexibility index (Phi) is 7.88. The molecule has 0 fully saturated rings. The summed E-state index contributed by atoms with van der Waals surface area (Å²) in [6.45, 7) is 3.62. The van der Waals surface area contributed by atoms with Gasteiger partial charge in [-0.3, -0.25) is 14.2 Å². The average Bonchev–Trinajstić information content (AvgIpc) is 3.27. The van der Waals surface area contributed by atoms with Crippen LogP contribution in [0.15, 0.2) is 54.9 Å². The highest BCUT2D eigenvalue weighted by molar-refractivity contribution is 6.30. The molecule has 4 rings (SSSR count). The SMILES string of the molecule is CCCCC(=O)OC(C)n1cc(C(=O)c2c(F)ccc(NC)c2F)c2cc(-c3ccc(Cl)cc3)cnc21. The Balaban J connectivity index is 1.86. The van der Waals surface area contributed by atoms with Gasteiger partial charge in [0.2, 0.25) is 5.78 Å². The molecule has 192 valence electrons. The van der Waals surface area contributed by atoms with Crippen molar-refractivity contribution in [3.05, 3.63) is 82.6 Å². The van der Waals surface area contributed by atoms with Gasteiger partial charge in [-0.25, -0.2) is 13.8 Å². The molecule has 2 aromatic heterocycles. The van der Waals surface area contributed by atoms with Crippen LogP contribution in [-0.2, 0) is 9.53 Å². The van der Waals surface area contributed by atoms with Crippen LogP contribution in [0.1, 0.15) is 55.3 Å². The molecule has 2 heterocycles. The Morgan fingerprint density at radius 2 is 1.86 bits per heavy atom. The molecule has 0 saturated heterocycles. The second-order valence-corrected chi connectivity index (χ2v) is 9.04. The van der Waals surface area contributed by atoms with E-state index in [9.17, 15) is 14.0 Å². The summed E-state index contributed by atoms with van der Waals surface area (Å²) >= 11 is 6.01. The summed E-state index contributed by atoms with van der Waals surface area (Å²) in [6, 6.07) is 11.0. The van der Waals surface area contributed by atoms with Gasteiger partial charge >= 0.3 is 5.97 Å². The number of aromatic nitrogens is 2. The molecule has 0 bridgehead atoms. The number of nitrogens with zero attached hydrogens (tertiary/aromatic N) is 2. The number of anilines is 1. The molecule has 0 radical (unpaired) electrons. The molecule has 1 atom stereocenters. The first kappa shape index (κ1) is 26.3. The van der Waals surface area contributed by atoms with Crippen molar-refractivity contribution >= 4 is 40.1 Å². The van der Waals surface area contributed by atoms with Crippen LogP contribution in [-0.4, -0.2) is 28.4 Å². The van der Waals surface area contributed by atoms with Gasteiger partial charge in [0.05, 0.1) is 16.8 Å². The molecule has 0 aliphatic carbocycles. The van der Waals surface area contributed by atoms with E-state index in [0.29, 0.717) is 28.0 Å². The molecule has 9 heteroatoms. The molecule has 0 aliphatic heterocycles. The number of carbonyl (C=O) groups is 2. The van der Waals surface area contributed by atoms with Gasteiger partial charge in [0.25, 0.3) is 0 Å². The summed E-state index contributed by atoms with van der Waals surface area (Å²) in [4.78, 5) is 30.4. The van der Waals surface area contributed by atoms with E-state index >= 15 is 4.39 Å². The Morgan fingerprint density at radius 1 is 1.14 bits per heavy atom. The standard InChI is InChI=1S/C28H26ClF2N3O3/c1-4-5-6-24(35)37-16(2)34-15-21(27(36)25-22(30)11-12-23(32-3)26(25)31)20-13-18(14-33-28(20)34)17-7-9-19(29)10-8-17/h7-16,32H,4-6H2,1-3H3. The van der Waals surface area contributed by atoms with Crippen molar-refractivity contribution in [2.75, 3.05) is 12.4 Å². The molecule has 2 aromatic carbocycles. The maximum atomic E-state index is 15.1. The summed E-state index contributed by atoms with van der Waals surface area (Å²) in [5.74, 6) is -3.21. The van der Waals surface area contributed by atoms with Crippen LogP contribution >= 0.6 is 11.6 Å². The maximum absolute atomic E-state index is 15.1. The summed E-state index contributed by atoms with van der Waals surface area (Å²) < 4.78 is 36.9. The number of hydrogen-bond acceptors (Lipinski definition) is 5. The van der Waals surface area contributed by atoms with Crippen LogP contribution in [0.5, 0.6) is 0 Å². The maximum Gasteiger partial charge on any atom is 0.307 e. The van der Waals surface area contributed by atoms with Crippen molar-refractivity contribution in [3.63, 3.8) is 0 Å². The molecule has 0 amide bonds. The number of rotatable bonds is 9. The largest absolute Gasteiger partial charge is 0.441 e. The lowest BCUT2D eigenvalue weighted by atomic mass is 10.00. The number of unbranched alkanes of at least 4 members (excludes halogenated alkanes) is 1. The molecule has 1 unspecified atom stereocenters. The van der Waals surface area contributed by atoms with Crippen molar-refractivity contribution in [3.8, 4) is 11.1 Å². The molecule has 1 N–H and O–H groups in total. The number of carbonyl (C=O) groups excluding carboxylic acids is 2. The van der Waals surface area contributed by atoms with Crippen molar-refractivity contribution in [1.29, 1.82) is 0 Å². The second kappa shape index (κ2) is 11.1. The zero-order valence-corrected chi connectivity index (χ0v) is 21.4. The predicted molar refractivity (Wildman–Crippen MR) is 140 cm³/mol. The first-order valence-electron chi connectivity index (χ1n) is 11.9. The number of nitrogens with one attached hydrogen (secondary N) is 1. The third-order valence-electron chi connectivity index (χ3n) is 6.11. The third-order valence-corrected chi connectivity index (χ3v) is 6.36. The predicted octanol–water partition coefficient (Wildman–Crippen LogP) is 7.16. The molecular formula is C28H26ClF2N3O3. The molecule has 0 saturated carbocycles. The fourth-order valence-corrected chi connectivity index (χ4v) is 4.23. The fraction of sp³-hybridized carbons (Fsp3) is 0.250. The molecule has 0 aliphatic rings. The number of hydrogen-bond donors (Lipinski definition) is 1. The normalized spacial score (nSPS) is 11.9. The van der Waals surface area contributed by atoms with Crippen molar-refractivity contribution in [1.82, 2.24) is 9.55 Å². The van der Waals surface area contributed by atoms with E-state index in [0.717, 1.165) is 18.1 Å². The lowest BCUT2D eigenvalue weighted by Gasteiger charge is -2.15. The van der Waals surface area contributed by atoms with Crippen molar-refractivity contribution in [2.45, 2.75) is 39.3 Å². The van der Waals surface area contributed by atoms with E-state index in [1.165, 1.54) is 23.9 Å². The molecule has 0 spiro atoms. The third kappa shape index (κ3) is 5.34. The van der Waals surface area contributed by atoms with E-state index in [1.807, 2.05) is 6.92 Å². The summed E-state index contributed by atoms with van der Waals surface area (Å²) in [5.41, 5.74) is 1.14. The number of esters is 1. The smallest absolute Gasteiger partial charge is 0.307 e. The molecule has 37 heavy (non-hydrogen) atoms. The van der Waals surface area contributed by atoms with Crippen LogP contribution in [0.3, 0.4) is 0 Å². The first-order chi connectivity index (χ1) is 17.7. The Morgan fingerprint density at radius 3 is 2.54 bits per heavy atom. The van der Waals surface area contributed by atoms with E-state index in [4.69, 9.17) is 16.3 Å². The number of ether oxygens (including phenoxy) is 1. The Hall–Kier alpha value is -3.78. The topological polar surface area (TPSA) is 73.2 Å². The van der Waals surface area contributed by atoms with Gasteiger partial charge in [-0.2, -0.15) is 0 Å². The molecule has 6 nitrogen and oxygen atoms in total. The van der Waals surface area contributed by atoms with Crippen LogP contribution in [0, 0.1) is 11.6 Å². The average molecular weight is 526 g/mol. The monoisotopic (exact) mass is 525 g/mol. The van der Waals surface area contributed by atoms with Gasteiger partial charge in [-0.1, -0.05) is 37.1 Å². The highest BCUT2D eigenvalue weighted by Gasteiger charge is 2.27. The molecular weight excluding hydrogens is 500 g/mol. The van der Waals surface area contributed by atoms with Crippen LogP contribution in [0.25, 0.3) is 22.2 Å². The minimum Gasteiger partial charge on any atom is -0.441 e. The molecule has 4 aromatic rings. The fourth-order valence-electron chi connectivity index (χ4n) is 4.11. The number of benzene rings is 2. The number of halogens is 3. The highest BCUT2D eigenvalue weighted by atomic mass is 35.5. The minimum atomic E-state index is -0.991.